The number of phenolic OH excluding ortho intramolecular Hbond substituents is 5. The second-order valence-electron chi connectivity index (χ2n) is 30.8. The zero-order chi connectivity index (χ0) is 102. The molecule has 0 saturated carbocycles. The molecular formula is C93H89FN22O17S8. The predicted octanol–water partition coefficient (Wildman–Crippen LogP) is 15.9. The molecule has 728 valence electrons. The molecule has 0 bridgehead atoms. The molecule has 0 amide bonds. The van der Waals surface area contributed by atoms with Crippen LogP contribution in [0.15, 0.2) is 231 Å². The number of benzene rings is 8. The second-order valence-corrected chi connectivity index (χ2v) is 39.6. The molecule has 141 heavy (non-hydrogen) atoms. The van der Waals surface area contributed by atoms with Crippen LogP contribution in [0.4, 0.5) is 10.1 Å². The molecule has 0 unspecified atom stereocenters. The fourth-order valence-electron chi connectivity index (χ4n) is 12.1. The number of ketones is 7. The number of carbonyl (C=O) groups is 7. The van der Waals surface area contributed by atoms with Crippen molar-refractivity contribution in [2.75, 3.05) is 46.5 Å². The lowest BCUT2D eigenvalue weighted by Crippen LogP contribution is -2.08. The monoisotopic (exact) mass is 2060 g/mol. The summed E-state index contributed by atoms with van der Waals surface area (Å²) in [4.78, 5) is 118. The number of nitro groups is 1. The Morgan fingerprint density at radius 3 is 1.38 bits per heavy atom. The molecule has 17 rings (SSSR count). The van der Waals surface area contributed by atoms with Crippen molar-refractivity contribution in [1.82, 2.24) is 75.9 Å². The molecule has 0 saturated heterocycles. The first-order valence-corrected chi connectivity index (χ1v) is 50.7. The van der Waals surface area contributed by atoms with Gasteiger partial charge < -0.3 is 30.6 Å². The van der Waals surface area contributed by atoms with Crippen LogP contribution >= 0.6 is 82.3 Å². The highest BCUT2D eigenvalue weighted by molar-refractivity contribution is 8.14. The van der Waals surface area contributed by atoms with Gasteiger partial charge in [-0.15, -0.1) is 59.2 Å². The van der Waals surface area contributed by atoms with Crippen molar-refractivity contribution in [2.45, 2.75) is 111 Å². The largest absolute Gasteiger partial charge is 0.512 e. The highest BCUT2D eigenvalue weighted by Gasteiger charge is 2.24. The first-order valence-electron chi connectivity index (χ1n) is 41.9. The van der Waals surface area contributed by atoms with E-state index in [1.807, 2.05) is 61.8 Å². The highest BCUT2D eigenvalue weighted by Crippen LogP contribution is 2.35. The number of Topliss-reactive ketones (excluding diaryl/α,β-unsaturated/α-hetero) is 7. The number of thioether (sulfide) groups is 7. The number of aliphatic hydroxyl groups is 1. The maximum Gasteiger partial charge on any atom is 0.311 e. The van der Waals surface area contributed by atoms with Gasteiger partial charge in [-0.1, -0.05) is 132 Å². The van der Waals surface area contributed by atoms with Gasteiger partial charge in [0.25, 0.3) is 0 Å². The van der Waals surface area contributed by atoms with Crippen LogP contribution in [-0.4, -0.2) is 241 Å². The van der Waals surface area contributed by atoms with Gasteiger partial charge in [0.15, 0.2) is 62.1 Å². The van der Waals surface area contributed by atoms with Crippen LogP contribution in [0.5, 0.6) is 28.7 Å². The summed E-state index contributed by atoms with van der Waals surface area (Å²) in [7, 11) is -3.26. The molecule has 0 atom stereocenters. The Labute approximate surface area is 834 Å². The number of rotatable bonds is 31. The Bertz CT molecular complexity index is 7150. The number of hydrogen-bond acceptors (Lipinski definition) is 40. The van der Waals surface area contributed by atoms with E-state index in [1.165, 1.54) is 194 Å². The molecule has 5 aromatic heterocycles. The summed E-state index contributed by atoms with van der Waals surface area (Å²) in [6.07, 6.45) is 6.60. The number of nitrogens with zero attached hydrogens (tertiary/aromatic N) is 17. The van der Waals surface area contributed by atoms with Crippen LogP contribution in [-0.2, 0) is 58.1 Å². The summed E-state index contributed by atoms with van der Waals surface area (Å²) < 4.78 is 36.2. The van der Waals surface area contributed by atoms with E-state index in [4.69, 9.17) is 10.2 Å². The number of aromatic amines is 5. The number of fused-ring (bicyclic) bond motifs is 2. The Morgan fingerprint density at radius 2 is 0.879 bits per heavy atom. The van der Waals surface area contributed by atoms with E-state index in [2.05, 4.69) is 137 Å². The van der Waals surface area contributed by atoms with E-state index in [0.29, 0.717) is 149 Å². The molecule has 0 aliphatic carbocycles. The maximum absolute atomic E-state index is 13.2. The van der Waals surface area contributed by atoms with Gasteiger partial charge in [-0.25, -0.2) is 37.7 Å². The molecule has 11 N–H and O–H groups in total. The minimum Gasteiger partial charge on any atom is -0.512 e. The number of halogens is 1. The molecule has 13 aromatic rings. The van der Waals surface area contributed by atoms with Gasteiger partial charge in [-0.05, 0) is 172 Å². The third-order valence-corrected chi connectivity index (χ3v) is 27.0. The second kappa shape index (κ2) is 51.4. The normalized spacial score (nSPS) is 12.2. The number of H-pyrrole nitrogens is 5. The number of aryl methyl sites for hydroxylation is 1. The molecule has 4 aliphatic rings. The third-order valence-electron chi connectivity index (χ3n) is 18.7. The Kier molecular flexibility index (Phi) is 38.9. The van der Waals surface area contributed by atoms with E-state index in [9.17, 15) is 76.9 Å². The molecule has 48 heteroatoms. The topological polar surface area (TPSA) is 600 Å². The Morgan fingerprint density at radius 1 is 0.440 bits per heavy atom. The van der Waals surface area contributed by atoms with Crippen LogP contribution in [0.3, 0.4) is 0 Å². The minimum atomic E-state index is -3.26. The minimum absolute atomic E-state index is 0.00150. The zero-order valence-electron chi connectivity index (χ0n) is 76.3. The first-order chi connectivity index (χ1) is 67.3. The summed E-state index contributed by atoms with van der Waals surface area (Å²) in [5, 5.41) is 121. The number of carbonyl (C=O) groups excluding carboxylic acids is 7. The molecule has 9 heterocycles. The summed E-state index contributed by atoms with van der Waals surface area (Å²) >= 11 is 9.00. The van der Waals surface area contributed by atoms with Gasteiger partial charge >= 0.3 is 5.69 Å². The molecule has 39 nitrogen and oxygen atoms in total. The van der Waals surface area contributed by atoms with E-state index in [-0.39, 0.29) is 74.1 Å². The first kappa shape index (κ1) is 107. The molecule has 0 fully saturated rings. The van der Waals surface area contributed by atoms with E-state index in [0.717, 1.165) is 68.2 Å². The average Bonchev–Trinajstić information content (AvgIpc) is 1.67. The number of nitro benzene ring substituents is 1. The van der Waals surface area contributed by atoms with Crippen molar-refractivity contribution in [2.24, 2.45) is 30.4 Å². The fraction of sp³-hybridized carbons (Fsp3) is 0.215. The zero-order valence-corrected chi connectivity index (χ0v) is 82.8. The van der Waals surface area contributed by atoms with Gasteiger partial charge in [0.2, 0.25) is 25.8 Å². The quantitative estimate of drug-likeness (QED) is 0.00632. The number of aromatic nitrogens is 15. The smallest absolute Gasteiger partial charge is 0.311 e. The van der Waals surface area contributed by atoms with Crippen LogP contribution in [0.2, 0.25) is 0 Å². The molecule has 0 spiro atoms. The lowest BCUT2D eigenvalue weighted by Gasteiger charge is -2.06. The molecule has 4 aliphatic heterocycles. The van der Waals surface area contributed by atoms with Crippen LogP contribution in [0.25, 0.3) is 56.9 Å². The summed E-state index contributed by atoms with van der Waals surface area (Å²) in [5.41, 5.74) is 13.4. The summed E-state index contributed by atoms with van der Waals surface area (Å²) in [6.45, 7) is 15.8. The van der Waals surface area contributed by atoms with Crippen molar-refractivity contribution >= 4 is 172 Å². The number of nitrogens with one attached hydrogen (secondary N) is 5. The maximum atomic E-state index is 13.2. The number of sulfone groups is 1. The standard InChI is InChI=1S/C22H19N3O2S.C14H13N3OS.C12H13N3O3S2.C12H13N3O2S.C11H10FN3O2S.C11H10N4O4S.C11H11N3O3S/c1-14(26)13-28-22-10-20(24-25-22)16-3-2-4-17(9-16)21(27)8-15-5-6-18-11-23-12-19(18)7-15;1-9(18)8-19-14-5-13(16-17-14)10-2-3-11-6-15-7-12(11)4-10;1-8(16)7-19-12-13-11(14-15-12)9-4-3-5-10(6-9)20(2,17)18;1-7-3-4-9(10(17)5-7)11-13-12(15-14-11)18-6-8(2)16;1-6(16)5-18-11-13-10(14-15-11)7-2-3-9(17)8(12)4-7;1-6(16)5-20-11-12-10(13-14-11)7-2-3-9(17)8(4-7)15(18)19;1-6(15)5-18-11-12-10(13-14-11)7-2-8(16)4-9(17)3-7/h2-7,9,11H,8,10,12-13H2,1H3;2-4,7,18H,1,5-6,8H2;3-6H,7H2,1-2H3,(H,13,14,15);3-5,17H,6H2,1-2H3,(H,13,14,15);2-4,17H,5H2,1H3,(H,13,14,15);2-4,17H,5H2,1H3,(H,12,13,14);2-4,16-17H,5H2,1H3,(H,12,13,14). The van der Waals surface area contributed by atoms with Gasteiger partial charge in [-0.3, -0.25) is 79.2 Å². The van der Waals surface area contributed by atoms with Gasteiger partial charge in [0.1, 0.15) is 62.0 Å². The highest BCUT2D eigenvalue weighted by atomic mass is 32.2. The lowest BCUT2D eigenvalue weighted by molar-refractivity contribution is -0.385. The van der Waals surface area contributed by atoms with Gasteiger partial charge in [0.05, 0.1) is 85.9 Å². The third kappa shape index (κ3) is 33.6. The molecular weight excluding hydrogens is 1970 g/mol. The Hall–Kier alpha value is -14.6. The van der Waals surface area contributed by atoms with Gasteiger partial charge in [-0.2, -0.15) is 10.2 Å². The fourth-order valence-corrected chi connectivity index (χ4v) is 17.2. The van der Waals surface area contributed by atoms with E-state index in [1.54, 1.807) is 31.2 Å². The molecule has 8 aromatic carbocycles. The number of aliphatic imine (C=N–C) groups is 2. The Balaban J connectivity index is 0.000000158. The van der Waals surface area contributed by atoms with Crippen molar-refractivity contribution < 1.29 is 81.9 Å². The SMILES string of the molecule is C=C(O)CSC1=NN=C(c2ccc3c(c2)C=NC3)C1.CC(=O)CSC1=NN=C(c2cccc(C(=O)Cc3ccc4c(c3)CN=C4)c2)C1.CC(=O)CSc1n[nH]c(-c2cc(O)cc(O)c2)n1.CC(=O)CSc1n[nH]c(-c2ccc(C)cc2O)n1.CC(=O)CSc1n[nH]c(-c2ccc(O)c(F)c2)n1.CC(=O)CSc1n[nH]c(-c2ccc(O)c([N+](=O)[O-])c2)n1.CC(=O)CSc1n[nH]c(-c2cccc(S(C)(=O)=O)c2)n1. The number of aromatic hydroxyl groups is 5. The predicted molar refractivity (Wildman–Crippen MR) is 543 cm³/mol. The number of phenols is 5. The number of aliphatic hydroxyl groups excluding tert-OH is 1. The van der Waals surface area contributed by atoms with Crippen molar-refractivity contribution in [1.29, 1.82) is 0 Å². The van der Waals surface area contributed by atoms with Crippen molar-refractivity contribution in [3.63, 3.8) is 0 Å². The van der Waals surface area contributed by atoms with E-state index < -0.39 is 37.8 Å². The number of hydrogen-bond donors (Lipinski definition) is 11. The summed E-state index contributed by atoms with van der Waals surface area (Å²) in [5.74, 6) is 3.55. The average molecular weight is 2060 g/mol. The van der Waals surface area contributed by atoms with Crippen LogP contribution in [0.1, 0.15) is 109 Å². The molecule has 0 radical (unpaired) electrons. The van der Waals surface area contributed by atoms with E-state index >= 15 is 0 Å². The van der Waals surface area contributed by atoms with Gasteiger partial charge in [0, 0.05) is 77.9 Å². The lowest BCUT2D eigenvalue weighted by atomic mass is 9.97. The van der Waals surface area contributed by atoms with Crippen LogP contribution < -0.4 is 0 Å². The van der Waals surface area contributed by atoms with Crippen LogP contribution in [0, 0.1) is 22.9 Å². The summed E-state index contributed by atoms with van der Waals surface area (Å²) in [6, 6.07) is 43.7. The van der Waals surface area contributed by atoms with Crippen molar-refractivity contribution in [3.8, 4) is 85.7 Å². The van der Waals surface area contributed by atoms with Crippen molar-refractivity contribution in [3.05, 3.63) is 236 Å².